The first-order chi connectivity index (χ1) is 5.76. The zero-order chi connectivity index (χ0) is 10.3. The molecule has 0 bridgehead atoms. The number of nitrogens with zero attached hydrogens (tertiary/aromatic N) is 1. The first-order valence-electron chi connectivity index (χ1n) is 3.36. The number of sulfone groups is 2. The summed E-state index contributed by atoms with van der Waals surface area (Å²) in [6, 6.07) is 0. The van der Waals surface area contributed by atoms with Crippen LogP contribution in [-0.2, 0) is 19.7 Å². The van der Waals surface area contributed by atoms with E-state index in [1.54, 1.807) is 0 Å². The molecular weight excluding hydrogens is 218 g/mol. The van der Waals surface area contributed by atoms with Gasteiger partial charge in [0.2, 0.25) is 0 Å². The van der Waals surface area contributed by atoms with E-state index in [0.717, 1.165) is 6.26 Å². The average Bonchev–Trinajstić information content (AvgIpc) is 2.24. The van der Waals surface area contributed by atoms with Crippen molar-refractivity contribution in [1.82, 2.24) is 0 Å². The van der Waals surface area contributed by atoms with Crippen LogP contribution in [0.1, 0.15) is 0 Å². The van der Waals surface area contributed by atoms with E-state index in [4.69, 9.17) is 5.21 Å². The van der Waals surface area contributed by atoms with E-state index in [-0.39, 0.29) is 5.71 Å². The lowest BCUT2D eigenvalue weighted by molar-refractivity contribution is 0.318. The quantitative estimate of drug-likeness (QED) is 0.441. The molecule has 1 atom stereocenters. The van der Waals surface area contributed by atoms with Gasteiger partial charge in [-0.15, -0.1) is 0 Å². The summed E-state index contributed by atoms with van der Waals surface area (Å²) in [5.41, 5.74) is -0.192. The van der Waals surface area contributed by atoms with Gasteiger partial charge >= 0.3 is 0 Å². The minimum Gasteiger partial charge on any atom is -0.411 e. The van der Waals surface area contributed by atoms with Crippen LogP contribution >= 0.6 is 0 Å². The van der Waals surface area contributed by atoms with Crippen LogP contribution in [0.15, 0.2) is 5.16 Å². The Hall–Kier alpha value is -0.630. The van der Waals surface area contributed by atoms with Crippen molar-refractivity contribution in [2.24, 2.45) is 5.16 Å². The highest BCUT2D eigenvalue weighted by Gasteiger charge is 2.40. The number of rotatable bonds is 1. The Morgan fingerprint density at radius 2 is 2.08 bits per heavy atom. The van der Waals surface area contributed by atoms with Gasteiger partial charge in [-0.1, -0.05) is 5.16 Å². The van der Waals surface area contributed by atoms with Gasteiger partial charge < -0.3 is 5.21 Å². The SMILES string of the molecule is CS(=O)(=O)C1CS(=O)(=O)CC1=NO. The number of oxime groups is 1. The second-order valence-electron chi connectivity index (χ2n) is 2.96. The van der Waals surface area contributed by atoms with Crippen LogP contribution in [0.5, 0.6) is 0 Å². The third kappa shape index (κ3) is 2.19. The summed E-state index contributed by atoms with van der Waals surface area (Å²) in [5, 5.41) is 9.90. The van der Waals surface area contributed by atoms with Crippen LogP contribution in [0, 0.1) is 0 Å². The zero-order valence-electron chi connectivity index (χ0n) is 6.84. The molecule has 0 aromatic heterocycles. The second kappa shape index (κ2) is 2.95. The van der Waals surface area contributed by atoms with E-state index in [1.165, 1.54) is 0 Å². The van der Waals surface area contributed by atoms with Crippen molar-refractivity contribution < 1.29 is 22.0 Å². The van der Waals surface area contributed by atoms with Gasteiger partial charge in [-0.2, -0.15) is 0 Å². The molecule has 76 valence electrons. The highest BCUT2D eigenvalue weighted by Crippen LogP contribution is 2.16. The second-order valence-corrected chi connectivity index (χ2v) is 7.30. The topological polar surface area (TPSA) is 101 Å². The molecule has 0 spiro atoms. The first kappa shape index (κ1) is 10.5. The average molecular weight is 227 g/mol. The van der Waals surface area contributed by atoms with Gasteiger partial charge in [0.1, 0.15) is 5.25 Å². The van der Waals surface area contributed by atoms with Gasteiger partial charge in [0.15, 0.2) is 19.7 Å². The first-order valence-corrected chi connectivity index (χ1v) is 7.14. The Morgan fingerprint density at radius 3 is 2.38 bits per heavy atom. The molecule has 1 aliphatic rings. The van der Waals surface area contributed by atoms with Crippen molar-refractivity contribution in [2.45, 2.75) is 5.25 Å². The van der Waals surface area contributed by atoms with Gasteiger partial charge in [-0.05, 0) is 0 Å². The van der Waals surface area contributed by atoms with Crippen molar-refractivity contribution in [3.63, 3.8) is 0 Å². The number of hydrogen-bond acceptors (Lipinski definition) is 6. The zero-order valence-corrected chi connectivity index (χ0v) is 8.47. The van der Waals surface area contributed by atoms with Gasteiger partial charge in [0, 0.05) is 6.26 Å². The Labute approximate surface area is 76.1 Å². The van der Waals surface area contributed by atoms with E-state index >= 15 is 0 Å². The molecule has 0 amide bonds. The molecule has 13 heavy (non-hydrogen) atoms. The molecule has 1 aliphatic heterocycles. The predicted octanol–water partition coefficient (Wildman–Crippen LogP) is -1.34. The lowest BCUT2D eigenvalue weighted by Crippen LogP contribution is -2.28. The lowest BCUT2D eigenvalue weighted by atomic mass is 10.3. The molecule has 0 saturated carbocycles. The summed E-state index contributed by atoms with van der Waals surface area (Å²) in [7, 11) is -6.91. The molecule has 0 radical (unpaired) electrons. The van der Waals surface area contributed by atoms with E-state index in [1.807, 2.05) is 0 Å². The van der Waals surface area contributed by atoms with Gasteiger partial charge in [0.25, 0.3) is 0 Å². The van der Waals surface area contributed by atoms with Crippen LogP contribution in [0.3, 0.4) is 0 Å². The maximum Gasteiger partial charge on any atom is 0.157 e. The Bertz CT molecular complexity index is 432. The molecule has 1 saturated heterocycles. The van der Waals surface area contributed by atoms with Crippen molar-refractivity contribution in [3.05, 3.63) is 0 Å². The smallest absolute Gasteiger partial charge is 0.157 e. The molecule has 1 N–H and O–H groups in total. The van der Waals surface area contributed by atoms with E-state index in [9.17, 15) is 16.8 Å². The van der Waals surface area contributed by atoms with E-state index in [0.29, 0.717) is 0 Å². The Morgan fingerprint density at radius 1 is 1.54 bits per heavy atom. The molecule has 1 unspecified atom stereocenters. The summed E-state index contributed by atoms with van der Waals surface area (Å²) in [6.07, 6.45) is 0.920. The van der Waals surface area contributed by atoms with Crippen LogP contribution in [0.25, 0.3) is 0 Å². The highest BCUT2D eigenvalue weighted by atomic mass is 32.2. The Kier molecular flexibility index (Phi) is 2.37. The maximum atomic E-state index is 11.0. The fourth-order valence-electron chi connectivity index (χ4n) is 1.17. The molecule has 8 heteroatoms. The summed E-state index contributed by atoms with van der Waals surface area (Å²) < 4.78 is 44.1. The molecule has 0 aliphatic carbocycles. The van der Waals surface area contributed by atoms with Crippen molar-refractivity contribution in [1.29, 1.82) is 0 Å². The van der Waals surface area contributed by atoms with Crippen LogP contribution < -0.4 is 0 Å². The van der Waals surface area contributed by atoms with Crippen molar-refractivity contribution in [2.75, 3.05) is 17.8 Å². The summed E-state index contributed by atoms with van der Waals surface area (Å²) in [4.78, 5) is 0. The van der Waals surface area contributed by atoms with Crippen molar-refractivity contribution in [3.8, 4) is 0 Å². The third-order valence-corrected chi connectivity index (χ3v) is 5.05. The van der Waals surface area contributed by atoms with Gasteiger partial charge in [0.05, 0.1) is 17.2 Å². The highest BCUT2D eigenvalue weighted by molar-refractivity contribution is 7.97. The van der Waals surface area contributed by atoms with E-state index in [2.05, 4.69) is 5.16 Å². The van der Waals surface area contributed by atoms with Gasteiger partial charge in [-0.3, -0.25) is 0 Å². The standard InChI is InChI=1S/C5H9NO5S2/c1-12(8,9)5-3-13(10,11)2-4(5)6-7/h5,7H,2-3H2,1H3. The largest absolute Gasteiger partial charge is 0.411 e. The molecule has 6 nitrogen and oxygen atoms in total. The minimum atomic E-state index is -3.50. The van der Waals surface area contributed by atoms with Crippen LogP contribution in [0.2, 0.25) is 0 Å². The summed E-state index contributed by atoms with van der Waals surface area (Å²) in [6.45, 7) is 0. The van der Waals surface area contributed by atoms with E-state index < -0.39 is 36.4 Å². The molecule has 0 aromatic carbocycles. The van der Waals surface area contributed by atoms with Crippen LogP contribution in [0.4, 0.5) is 0 Å². The Balaban J connectivity index is 3.17. The monoisotopic (exact) mass is 227 g/mol. The maximum absolute atomic E-state index is 11.0. The molecular formula is C5H9NO5S2. The summed E-state index contributed by atoms with van der Waals surface area (Å²) >= 11 is 0. The number of hydrogen-bond donors (Lipinski definition) is 1. The fraction of sp³-hybridized carbons (Fsp3) is 0.800. The predicted molar refractivity (Wildman–Crippen MR) is 46.5 cm³/mol. The lowest BCUT2D eigenvalue weighted by Gasteiger charge is -2.03. The normalized spacial score (nSPS) is 30.8. The molecule has 1 rings (SSSR count). The fourth-order valence-corrected chi connectivity index (χ4v) is 4.99. The third-order valence-electron chi connectivity index (χ3n) is 1.79. The molecule has 1 fully saturated rings. The molecule has 0 aromatic rings. The van der Waals surface area contributed by atoms with Gasteiger partial charge in [-0.25, -0.2) is 16.8 Å². The van der Waals surface area contributed by atoms with Crippen molar-refractivity contribution >= 4 is 25.4 Å². The van der Waals surface area contributed by atoms with Crippen LogP contribution in [-0.4, -0.2) is 50.8 Å². The molecule has 1 heterocycles. The minimum absolute atomic E-state index is 0.192. The summed E-state index contributed by atoms with van der Waals surface area (Å²) in [5.74, 6) is -0.952.